The number of carbonyl (C=O) groups is 1. The molecule has 5 nitrogen and oxygen atoms in total. The zero-order valence-electron chi connectivity index (χ0n) is 12.0. The second-order valence-corrected chi connectivity index (χ2v) is 6.94. The van der Waals surface area contributed by atoms with Crippen LogP contribution < -0.4 is 0 Å². The molecule has 0 N–H and O–H groups in total. The Hall–Kier alpha value is -2.09. The molecule has 2 aromatic rings. The molecule has 0 radical (unpaired) electrons. The summed E-state index contributed by atoms with van der Waals surface area (Å²) in [6.07, 6.45) is 3.80. The molecule has 0 spiro atoms. The predicted octanol–water partition coefficient (Wildman–Crippen LogP) is 2.08. The molecule has 22 heavy (non-hydrogen) atoms. The van der Waals surface area contributed by atoms with E-state index in [9.17, 15) is 22.0 Å². The Labute approximate surface area is 126 Å². The molecule has 0 aliphatic carbocycles. The predicted molar refractivity (Wildman–Crippen MR) is 75.2 cm³/mol. The van der Waals surface area contributed by atoms with Gasteiger partial charge >= 0.3 is 0 Å². The number of ketones is 1. The van der Waals surface area contributed by atoms with E-state index in [0.717, 1.165) is 18.4 Å². The molecule has 1 aromatic carbocycles. The van der Waals surface area contributed by atoms with Gasteiger partial charge in [0.05, 0.1) is 0 Å². The lowest BCUT2D eigenvalue weighted by atomic mass is 9.99. The number of aromatic nitrogens is 2. The van der Waals surface area contributed by atoms with Gasteiger partial charge in [0.1, 0.15) is 0 Å². The van der Waals surface area contributed by atoms with Gasteiger partial charge in [-0.2, -0.15) is 0 Å². The number of hydrogen-bond acceptors (Lipinski definition) is 4. The maximum Gasteiger partial charge on any atom is 0.227 e. The van der Waals surface area contributed by atoms with Crippen molar-refractivity contribution in [2.45, 2.75) is 18.6 Å². The summed E-state index contributed by atoms with van der Waals surface area (Å²) >= 11 is 0. The van der Waals surface area contributed by atoms with Gasteiger partial charge in [0.2, 0.25) is 15.0 Å². The zero-order chi connectivity index (χ0) is 16.5. The monoisotopic (exact) mass is 328 g/mol. The summed E-state index contributed by atoms with van der Waals surface area (Å²) < 4.78 is 50.5. The van der Waals surface area contributed by atoms with Gasteiger partial charge in [0, 0.05) is 36.7 Å². The summed E-state index contributed by atoms with van der Waals surface area (Å²) in [5.74, 6) is -3.16. The van der Waals surface area contributed by atoms with E-state index in [1.165, 1.54) is 23.0 Å². The number of carbonyl (C=O) groups excluding carboxylic acids is 1. The summed E-state index contributed by atoms with van der Waals surface area (Å²) in [5, 5.41) is -0.141. The fourth-order valence-electron chi connectivity index (χ4n) is 2.08. The molecule has 0 amide bonds. The highest BCUT2D eigenvalue weighted by molar-refractivity contribution is 7.90. The molecule has 0 saturated heterocycles. The lowest BCUT2D eigenvalue weighted by molar-refractivity contribution is 0.0916. The van der Waals surface area contributed by atoms with Gasteiger partial charge in [0.15, 0.2) is 17.4 Å². The molecule has 1 heterocycles. The van der Waals surface area contributed by atoms with Crippen molar-refractivity contribution in [1.82, 2.24) is 9.55 Å². The highest BCUT2D eigenvalue weighted by Crippen LogP contribution is 2.16. The van der Waals surface area contributed by atoms with Crippen molar-refractivity contribution in [2.75, 3.05) is 6.26 Å². The van der Waals surface area contributed by atoms with Crippen LogP contribution in [0, 0.1) is 17.6 Å². The largest absolute Gasteiger partial charge is 0.321 e. The molecule has 2 rings (SSSR count). The average Bonchev–Trinajstić information content (AvgIpc) is 2.89. The highest BCUT2D eigenvalue weighted by atomic mass is 32.2. The molecule has 0 aliphatic heterocycles. The Morgan fingerprint density at radius 1 is 1.32 bits per heavy atom. The number of benzene rings is 1. The highest BCUT2D eigenvalue weighted by Gasteiger charge is 2.21. The summed E-state index contributed by atoms with van der Waals surface area (Å²) in [5.41, 5.74) is 0.0346. The van der Waals surface area contributed by atoms with Gasteiger partial charge in [-0.15, -0.1) is 0 Å². The minimum Gasteiger partial charge on any atom is -0.321 e. The third-order valence-electron chi connectivity index (χ3n) is 3.13. The van der Waals surface area contributed by atoms with Crippen molar-refractivity contribution >= 4 is 15.6 Å². The van der Waals surface area contributed by atoms with Gasteiger partial charge in [-0.05, 0) is 18.2 Å². The summed E-state index contributed by atoms with van der Waals surface area (Å²) in [7, 11) is -3.51. The Kier molecular flexibility index (Phi) is 4.41. The number of hydrogen-bond donors (Lipinski definition) is 0. The number of halogens is 2. The van der Waals surface area contributed by atoms with Crippen LogP contribution in [0.1, 0.15) is 17.3 Å². The molecule has 1 aromatic heterocycles. The van der Waals surface area contributed by atoms with E-state index in [2.05, 4.69) is 4.98 Å². The zero-order valence-corrected chi connectivity index (χ0v) is 12.8. The van der Waals surface area contributed by atoms with E-state index in [0.29, 0.717) is 0 Å². The molecular weight excluding hydrogens is 314 g/mol. The van der Waals surface area contributed by atoms with E-state index in [1.807, 2.05) is 0 Å². The van der Waals surface area contributed by atoms with E-state index in [-0.39, 0.29) is 17.3 Å². The molecule has 0 unspecified atom stereocenters. The lowest BCUT2D eigenvalue weighted by Gasteiger charge is -2.13. The minimum atomic E-state index is -3.51. The number of rotatable bonds is 5. The van der Waals surface area contributed by atoms with Crippen molar-refractivity contribution in [1.29, 1.82) is 0 Å². The number of imidazole rings is 1. The molecule has 8 heteroatoms. The van der Waals surface area contributed by atoms with Gasteiger partial charge < -0.3 is 4.57 Å². The van der Waals surface area contributed by atoms with Crippen LogP contribution >= 0.6 is 0 Å². The van der Waals surface area contributed by atoms with Gasteiger partial charge in [-0.25, -0.2) is 22.2 Å². The Balaban J connectivity index is 2.22. The second kappa shape index (κ2) is 5.96. The lowest BCUT2D eigenvalue weighted by Crippen LogP contribution is -2.20. The SMILES string of the molecule is C[C@H](Cn1ccnc1S(C)(=O)=O)C(=O)c1ccc(F)c(F)c1. The molecule has 1 atom stereocenters. The average molecular weight is 328 g/mol. The fourth-order valence-corrected chi connectivity index (χ4v) is 2.89. The Bertz CT molecular complexity index is 815. The molecule has 118 valence electrons. The maximum atomic E-state index is 13.2. The molecular formula is C14H14F2N2O3S. The molecule has 0 aliphatic rings. The van der Waals surface area contributed by atoms with Crippen LogP contribution in [0.4, 0.5) is 8.78 Å². The summed E-state index contributed by atoms with van der Waals surface area (Å²) in [6, 6.07) is 2.91. The minimum absolute atomic E-state index is 0.0346. The van der Waals surface area contributed by atoms with Gasteiger partial charge in [-0.3, -0.25) is 4.79 Å². The third kappa shape index (κ3) is 3.38. The molecule has 0 saturated carbocycles. The molecule has 0 bridgehead atoms. The van der Waals surface area contributed by atoms with Crippen molar-refractivity contribution in [3.8, 4) is 0 Å². The first-order valence-electron chi connectivity index (χ1n) is 6.40. The Morgan fingerprint density at radius 2 is 2.00 bits per heavy atom. The first-order chi connectivity index (χ1) is 10.2. The third-order valence-corrected chi connectivity index (χ3v) is 4.13. The van der Waals surface area contributed by atoms with Crippen LogP contribution in [0.15, 0.2) is 35.7 Å². The van der Waals surface area contributed by atoms with E-state index in [1.54, 1.807) is 6.92 Å². The van der Waals surface area contributed by atoms with Crippen molar-refractivity contribution in [2.24, 2.45) is 5.92 Å². The van der Waals surface area contributed by atoms with E-state index < -0.39 is 33.2 Å². The normalized spacial score (nSPS) is 13.1. The van der Waals surface area contributed by atoms with Crippen molar-refractivity contribution < 1.29 is 22.0 Å². The van der Waals surface area contributed by atoms with Gasteiger partial charge in [0.25, 0.3) is 0 Å². The van der Waals surface area contributed by atoms with Crippen LogP contribution in [-0.2, 0) is 16.4 Å². The van der Waals surface area contributed by atoms with E-state index in [4.69, 9.17) is 0 Å². The van der Waals surface area contributed by atoms with Crippen molar-refractivity contribution in [3.63, 3.8) is 0 Å². The van der Waals surface area contributed by atoms with Crippen LogP contribution in [0.25, 0.3) is 0 Å². The number of nitrogens with zero attached hydrogens (tertiary/aromatic N) is 2. The van der Waals surface area contributed by atoms with Crippen molar-refractivity contribution in [3.05, 3.63) is 47.8 Å². The standard InChI is InChI=1S/C14H14F2N2O3S/c1-9(8-18-6-5-17-14(18)22(2,20)21)13(19)10-3-4-11(15)12(16)7-10/h3-7,9H,8H2,1-2H3/t9-/m1/s1. The van der Waals surface area contributed by atoms with Gasteiger partial charge in [-0.1, -0.05) is 6.92 Å². The Morgan fingerprint density at radius 3 is 2.59 bits per heavy atom. The maximum absolute atomic E-state index is 13.2. The van der Waals surface area contributed by atoms with Crippen LogP contribution in [0.5, 0.6) is 0 Å². The van der Waals surface area contributed by atoms with Crippen LogP contribution in [0.3, 0.4) is 0 Å². The summed E-state index contributed by atoms with van der Waals surface area (Å²) in [4.78, 5) is 16.0. The fraction of sp³-hybridized carbons (Fsp3) is 0.286. The topological polar surface area (TPSA) is 69.0 Å². The van der Waals surface area contributed by atoms with E-state index >= 15 is 0 Å². The second-order valence-electron chi connectivity index (χ2n) is 5.03. The van der Waals surface area contributed by atoms with Crippen LogP contribution in [-0.4, -0.2) is 30.0 Å². The number of sulfone groups is 1. The number of Topliss-reactive ketones (excluding diaryl/α,β-unsaturated/α-hetero) is 1. The first-order valence-corrected chi connectivity index (χ1v) is 8.29. The molecule has 0 fully saturated rings. The first kappa shape index (κ1) is 16.3. The summed E-state index contributed by atoms with van der Waals surface area (Å²) in [6.45, 7) is 1.65. The quantitative estimate of drug-likeness (QED) is 0.788. The van der Waals surface area contributed by atoms with Crippen LogP contribution in [0.2, 0.25) is 0 Å². The smallest absolute Gasteiger partial charge is 0.227 e.